The Bertz CT molecular complexity index is 395. The largest absolute Gasteiger partial charge is 0.336 e. The van der Waals surface area contributed by atoms with Gasteiger partial charge in [-0.1, -0.05) is 37.3 Å². The van der Waals surface area contributed by atoms with Gasteiger partial charge in [0.1, 0.15) is 0 Å². The minimum atomic E-state index is -0.459. The normalized spacial score (nSPS) is 13.1. The zero-order valence-corrected chi connectivity index (χ0v) is 12.5. The lowest BCUT2D eigenvalue weighted by molar-refractivity contribution is -0.135. The number of carbonyl (C=O) groups excluding carboxylic acids is 1. The van der Waals surface area contributed by atoms with E-state index in [9.17, 15) is 4.79 Å². The summed E-state index contributed by atoms with van der Waals surface area (Å²) in [6, 6.07) is 10.3. The fourth-order valence-corrected chi connectivity index (χ4v) is 1.98. The quantitative estimate of drug-likeness (QED) is 0.856. The van der Waals surface area contributed by atoms with Crippen molar-refractivity contribution < 1.29 is 4.79 Å². The summed E-state index contributed by atoms with van der Waals surface area (Å²) in [6.45, 7) is 8.63. The highest BCUT2D eigenvalue weighted by Gasteiger charge is 2.24. The Balaban J connectivity index is 2.81. The number of benzene rings is 1. The van der Waals surface area contributed by atoms with Gasteiger partial charge in [0.05, 0.1) is 0 Å². The van der Waals surface area contributed by atoms with Crippen molar-refractivity contribution in [3.8, 4) is 0 Å². The molecule has 1 rings (SSSR count). The summed E-state index contributed by atoms with van der Waals surface area (Å²) in [5.74, 6) is 0.130. The molecule has 1 aromatic rings. The van der Waals surface area contributed by atoms with E-state index in [2.05, 4.69) is 26.0 Å². The molecule has 0 bridgehead atoms. The third-order valence-corrected chi connectivity index (χ3v) is 3.25. The second kappa shape index (κ2) is 6.71. The molecule has 1 aromatic carbocycles. The first-order valence-corrected chi connectivity index (χ1v) is 6.95. The van der Waals surface area contributed by atoms with E-state index >= 15 is 0 Å². The number of hydrogen-bond acceptors (Lipinski definition) is 2. The second-order valence-corrected chi connectivity index (χ2v) is 5.93. The highest BCUT2D eigenvalue weighted by Crippen LogP contribution is 2.15. The Morgan fingerprint density at radius 2 is 1.89 bits per heavy atom. The van der Waals surface area contributed by atoms with Crippen LogP contribution in [0, 0.1) is 0 Å². The van der Waals surface area contributed by atoms with Gasteiger partial charge in [-0.3, -0.25) is 4.79 Å². The Morgan fingerprint density at radius 3 is 2.37 bits per heavy atom. The molecule has 0 aliphatic carbocycles. The molecule has 1 amide bonds. The molecular formula is C16H26N2O. The van der Waals surface area contributed by atoms with Crippen molar-refractivity contribution in [3.05, 3.63) is 35.9 Å². The Morgan fingerprint density at radius 1 is 1.32 bits per heavy atom. The van der Waals surface area contributed by atoms with Crippen LogP contribution in [0.4, 0.5) is 0 Å². The van der Waals surface area contributed by atoms with E-state index in [1.54, 1.807) is 0 Å². The molecular weight excluding hydrogens is 236 g/mol. The molecule has 2 N–H and O–H groups in total. The van der Waals surface area contributed by atoms with Gasteiger partial charge in [0.2, 0.25) is 5.91 Å². The van der Waals surface area contributed by atoms with Gasteiger partial charge in [-0.05, 0) is 32.8 Å². The molecule has 106 valence electrons. The molecule has 1 atom stereocenters. The second-order valence-electron chi connectivity index (χ2n) is 5.93. The molecule has 0 aromatic heterocycles. The van der Waals surface area contributed by atoms with Crippen molar-refractivity contribution in [3.63, 3.8) is 0 Å². The number of nitrogens with two attached hydrogens (primary N) is 1. The van der Waals surface area contributed by atoms with Crippen LogP contribution in [0.5, 0.6) is 0 Å². The molecule has 3 nitrogen and oxygen atoms in total. The van der Waals surface area contributed by atoms with Crippen molar-refractivity contribution in [1.82, 2.24) is 4.90 Å². The Labute approximate surface area is 116 Å². The summed E-state index contributed by atoms with van der Waals surface area (Å²) in [7, 11) is 0. The van der Waals surface area contributed by atoms with E-state index < -0.39 is 5.54 Å². The average molecular weight is 262 g/mol. The first-order valence-electron chi connectivity index (χ1n) is 6.95. The molecule has 0 heterocycles. The fraction of sp³-hybridized carbons (Fsp3) is 0.562. The highest BCUT2D eigenvalue weighted by atomic mass is 16.2. The number of amides is 1. The topological polar surface area (TPSA) is 46.3 Å². The van der Waals surface area contributed by atoms with Gasteiger partial charge in [-0.25, -0.2) is 0 Å². The first-order chi connectivity index (χ1) is 8.83. The van der Waals surface area contributed by atoms with Gasteiger partial charge in [-0.2, -0.15) is 0 Å². The zero-order chi connectivity index (χ0) is 14.5. The average Bonchev–Trinajstić information content (AvgIpc) is 2.34. The summed E-state index contributed by atoms with van der Waals surface area (Å²) >= 11 is 0. The van der Waals surface area contributed by atoms with Crippen molar-refractivity contribution in [2.75, 3.05) is 0 Å². The van der Waals surface area contributed by atoms with Crippen molar-refractivity contribution in [2.45, 2.75) is 58.7 Å². The van der Waals surface area contributed by atoms with Gasteiger partial charge >= 0.3 is 0 Å². The standard InChI is InChI=1S/C16H26N2O/c1-5-13(2)18(15(19)11-16(3,4)17)12-14-9-7-6-8-10-14/h6-10,13H,5,11-12,17H2,1-4H3. The molecule has 0 spiro atoms. The third-order valence-electron chi connectivity index (χ3n) is 3.25. The summed E-state index contributed by atoms with van der Waals surface area (Å²) in [4.78, 5) is 14.3. The molecule has 0 fully saturated rings. The highest BCUT2D eigenvalue weighted by molar-refractivity contribution is 5.77. The number of nitrogens with zero attached hydrogens (tertiary/aromatic N) is 1. The molecule has 0 radical (unpaired) electrons. The maximum absolute atomic E-state index is 12.4. The summed E-state index contributed by atoms with van der Waals surface area (Å²) in [5.41, 5.74) is 6.66. The lowest BCUT2D eigenvalue weighted by atomic mass is 10.0. The van der Waals surface area contributed by atoms with Crippen LogP contribution in [0.2, 0.25) is 0 Å². The third kappa shape index (κ3) is 5.43. The van der Waals surface area contributed by atoms with E-state index in [4.69, 9.17) is 5.73 Å². The van der Waals surface area contributed by atoms with Crippen molar-refractivity contribution >= 4 is 5.91 Å². The van der Waals surface area contributed by atoms with Crippen LogP contribution in [0.15, 0.2) is 30.3 Å². The zero-order valence-electron chi connectivity index (χ0n) is 12.5. The monoisotopic (exact) mass is 262 g/mol. The lowest BCUT2D eigenvalue weighted by Gasteiger charge is -2.31. The predicted octanol–water partition coefficient (Wildman–Crippen LogP) is 2.94. The van der Waals surface area contributed by atoms with Gasteiger partial charge in [0.25, 0.3) is 0 Å². The molecule has 0 saturated heterocycles. The smallest absolute Gasteiger partial charge is 0.224 e. The van der Waals surface area contributed by atoms with Crippen molar-refractivity contribution in [2.24, 2.45) is 5.73 Å². The number of carbonyl (C=O) groups is 1. The van der Waals surface area contributed by atoms with Crippen LogP contribution in [0.1, 0.15) is 46.1 Å². The summed E-state index contributed by atoms with van der Waals surface area (Å²) in [6.07, 6.45) is 1.33. The van der Waals surface area contributed by atoms with E-state index in [0.717, 1.165) is 12.0 Å². The van der Waals surface area contributed by atoms with E-state index in [0.29, 0.717) is 13.0 Å². The number of hydrogen-bond donors (Lipinski definition) is 1. The SMILES string of the molecule is CCC(C)N(Cc1ccccc1)C(=O)CC(C)(C)N. The van der Waals surface area contributed by atoms with Gasteiger partial charge in [0, 0.05) is 24.5 Å². The molecule has 0 aliphatic heterocycles. The summed E-state index contributed by atoms with van der Waals surface area (Å²) in [5, 5.41) is 0. The molecule has 19 heavy (non-hydrogen) atoms. The van der Waals surface area contributed by atoms with Crippen LogP contribution >= 0.6 is 0 Å². The van der Waals surface area contributed by atoms with E-state index in [1.165, 1.54) is 0 Å². The minimum Gasteiger partial charge on any atom is -0.336 e. The van der Waals surface area contributed by atoms with Gasteiger partial charge < -0.3 is 10.6 Å². The van der Waals surface area contributed by atoms with Crippen LogP contribution in [-0.2, 0) is 11.3 Å². The lowest BCUT2D eigenvalue weighted by Crippen LogP contribution is -2.44. The Kier molecular flexibility index (Phi) is 5.55. The van der Waals surface area contributed by atoms with Crippen molar-refractivity contribution in [1.29, 1.82) is 0 Å². The predicted molar refractivity (Wildman–Crippen MR) is 79.6 cm³/mol. The summed E-state index contributed by atoms with van der Waals surface area (Å²) < 4.78 is 0. The van der Waals surface area contributed by atoms with E-state index in [1.807, 2.05) is 36.9 Å². The molecule has 1 unspecified atom stereocenters. The van der Waals surface area contributed by atoms with Crippen LogP contribution in [0.3, 0.4) is 0 Å². The molecule has 0 aliphatic rings. The van der Waals surface area contributed by atoms with Crippen LogP contribution in [-0.4, -0.2) is 22.4 Å². The van der Waals surface area contributed by atoms with E-state index in [-0.39, 0.29) is 11.9 Å². The molecule has 0 saturated carbocycles. The number of rotatable bonds is 6. The maximum Gasteiger partial charge on any atom is 0.224 e. The van der Waals surface area contributed by atoms with Crippen LogP contribution in [0.25, 0.3) is 0 Å². The Hall–Kier alpha value is -1.35. The van der Waals surface area contributed by atoms with Crippen LogP contribution < -0.4 is 5.73 Å². The minimum absolute atomic E-state index is 0.130. The molecule has 3 heteroatoms. The van der Waals surface area contributed by atoms with Gasteiger partial charge in [0.15, 0.2) is 0 Å². The fourth-order valence-electron chi connectivity index (χ4n) is 1.98. The maximum atomic E-state index is 12.4. The first kappa shape index (κ1) is 15.7. The van der Waals surface area contributed by atoms with Gasteiger partial charge in [-0.15, -0.1) is 0 Å².